The molecule has 0 spiro atoms. The molecule has 13 aromatic rings. The van der Waals surface area contributed by atoms with Crippen LogP contribution in [-0.2, 0) is 0 Å². The Bertz CT molecular complexity index is 3760. The third kappa shape index (κ3) is 5.38. The van der Waals surface area contributed by atoms with Gasteiger partial charge in [-0.3, -0.25) is 9.13 Å². The Morgan fingerprint density at radius 2 is 0.781 bits per heavy atom. The lowest BCUT2D eigenvalue weighted by Gasteiger charge is -2.34. The zero-order valence-corrected chi connectivity index (χ0v) is 36.1. The summed E-state index contributed by atoms with van der Waals surface area (Å²) in [7, 11) is -3.06. The summed E-state index contributed by atoms with van der Waals surface area (Å²) in [5.41, 5.74) is 4.14. The number of hydrogen-bond donors (Lipinski definition) is 0. The van der Waals surface area contributed by atoms with Crippen LogP contribution in [0.4, 0.5) is 0 Å². The largest absolute Gasteiger partial charge is 0.278 e. The number of benzene rings is 9. The Morgan fingerprint density at radius 3 is 1.23 bits per heavy atom. The Hall–Kier alpha value is -7.97. The molecule has 5 nitrogen and oxygen atoms in total. The minimum atomic E-state index is -3.06. The average molecular weight is 855 g/mol. The number of fused-ring (bicyclic) bond motifs is 9. The first kappa shape index (κ1) is 33.6. The van der Waals surface area contributed by atoms with Gasteiger partial charge in [0, 0.05) is 47.3 Å². The van der Waals surface area contributed by atoms with Crippen LogP contribution in [-0.4, -0.2) is 32.2 Å². The van der Waals surface area contributed by atoms with Gasteiger partial charge in [0.1, 0.15) is 0 Å². The van der Waals surface area contributed by atoms with Crippen LogP contribution < -0.4 is 20.7 Å². The predicted molar refractivity (Wildman–Crippen MR) is 270 cm³/mol. The number of aromatic nitrogens is 5. The van der Waals surface area contributed by atoms with Gasteiger partial charge in [0.05, 0.1) is 26.2 Å². The van der Waals surface area contributed by atoms with Crippen molar-refractivity contribution in [2.45, 2.75) is 0 Å². The molecular weight excluding hydrogens is 815 g/mol. The van der Waals surface area contributed by atoms with E-state index >= 15 is 0 Å². The zero-order chi connectivity index (χ0) is 44.8. The topological polar surface area (TPSA) is 48.5 Å². The Morgan fingerprint density at radius 1 is 0.375 bits per heavy atom. The summed E-state index contributed by atoms with van der Waals surface area (Å²) in [6.45, 7) is 0. The van der Waals surface area contributed by atoms with E-state index in [1.165, 1.54) is 20.7 Å². The van der Waals surface area contributed by atoms with E-state index in [9.17, 15) is 4.11 Å². The summed E-state index contributed by atoms with van der Waals surface area (Å²) >= 11 is 1.57. The van der Waals surface area contributed by atoms with Gasteiger partial charge in [-0.05, 0) is 51.1 Å². The molecule has 300 valence electrons. The second kappa shape index (κ2) is 14.6. The molecule has 4 aromatic heterocycles. The van der Waals surface area contributed by atoms with E-state index in [1.807, 2.05) is 48.5 Å². The number of para-hydroxylation sites is 4. The second-order valence-electron chi connectivity index (χ2n) is 16.1. The van der Waals surface area contributed by atoms with Crippen molar-refractivity contribution in [2.75, 3.05) is 0 Å². The van der Waals surface area contributed by atoms with E-state index in [2.05, 4.69) is 167 Å². The maximum absolute atomic E-state index is 9.82. The molecule has 0 aliphatic rings. The second-order valence-corrected chi connectivity index (χ2v) is 20.9. The predicted octanol–water partition coefficient (Wildman–Crippen LogP) is 11.5. The van der Waals surface area contributed by atoms with E-state index in [0.717, 1.165) is 53.7 Å². The molecule has 0 saturated heterocycles. The molecule has 9 aromatic carbocycles. The lowest BCUT2D eigenvalue weighted by atomic mass is 10.1. The quantitative estimate of drug-likeness (QED) is 0.119. The fourth-order valence-corrected chi connectivity index (χ4v) is 16.7. The fraction of sp³-hybridized carbons (Fsp3) is 0. The van der Waals surface area contributed by atoms with Crippen molar-refractivity contribution < 1.29 is 4.11 Å². The number of thiophene rings is 1. The van der Waals surface area contributed by atoms with Crippen molar-refractivity contribution in [1.29, 1.82) is 0 Å². The number of nitrogens with zero attached hydrogens (tertiary/aromatic N) is 5. The Labute approximate surface area is 378 Å². The SMILES string of the molecule is [2H]c1c([2H])c([2H])c2c(sc3c([Si](c4ccccc4)(c4ccccc4)c4ccccc4)cccc32)c1-c1nc(-n2c3ccccc3c3ccccc32)nc(-n2c3ccccc3c3ccccc32)n1. The molecule has 0 saturated carbocycles. The molecule has 13 rings (SSSR count). The van der Waals surface area contributed by atoms with E-state index in [1.54, 1.807) is 11.3 Å². The third-order valence-electron chi connectivity index (χ3n) is 12.7. The highest BCUT2D eigenvalue weighted by atomic mass is 32.1. The van der Waals surface area contributed by atoms with Crippen LogP contribution in [0.3, 0.4) is 0 Å². The van der Waals surface area contributed by atoms with E-state index in [-0.39, 0.29) is 24.0 Å². The first-order chi connectivity index (χ1) is 33.0. The van der Waals surface area contributed by atoms with Crippen molar-refractivity contribution in [1.82, 2.24) is 24.1 Å². The lowest BCUT2D eigenvalue weighted by molar-refractivity contribution is 0.893. The molecule has 4 heterocycles. The van der Waals surface area contributed by atoms with Gasteiger partial charge >= 0.3 is 0 Å². The molecule has 0 fully saturated rings. The summed E-state index contributed by atoms with van der Waals surface area (Å²) in [4.78, 5) is 16.1. The van der Waals surface area contributed by atoms with E-state index in [0.29, 0.717) is 27.5 Å². The van der Waals surface area contributed by atoms with Crippen LogP contribution in [0.1, 0.15) is 4.11 Å². The summed E-state index contributed by atoms with van der Waals surface area (Å²) in [6.07, 6.45) is 0. The van der Waals surface area contributed by atoms with E-state index < -0.39 is 8.07 Å². The molecule has 0 aliphatic carbocycles. The molecule has 0 aliphatic heterocycles. The Kier molecular flexibility index (Phi) is 7.65. The van der Waals surface area contributed by atoms with Gasteiger partial charge in [-0.25, -0.2) is 0 Å². The van der Waals surface area contributed by atoms with Crippen LogP contribution >= 0.6 is 11.3 Å². The van der Waals surface area contributed by atoms with Crippen LogP contribution in [0.5, 0.6) is 0 Å². The average Bonchev–Trinajstić information content (AvgIpc) is 4.05. The number of hydrogen-bond acceptors (Lipinski definition) is 4. The fourth-order valence-electron chi connectivity index (χ4n) is 10.1. The van der Waals surface area contributed by atoms with Gasteiger partial charge in [0.25, 0.3) is 0 Å². The Balaban J connectivity index is 1.17. The molecule has 0 unspecified atom stereocenters. The monoisotopic (exact) mass is 854 g/mol. The number of rotatable bonds is 7. The maximum atomic E-state index is 9.82. The lowest BCUT2D eigenvalue weighted by Crippen LogP contribution is -2.74. The summed E-state index contributed by atoms with van der Waals surface area (Å²) in [5, 5.41) is 10.6. The summed E-state index contributed by atoms with van der Waals surface area (Å²) in [5.74, 6) is 1.04. The summed E-state index contributed by atoms with van der Waals surface area (Å²) < 4.78 is 34.8. The van der Waals surface area contributed by atoms with Gasteiger partial charge in [-0.2, -0.15) is 15.0 Å². The first-order valence-corrected chi connectivity index (χ1v) is 24.2. The molecule has 0 radical (unpaired) electrons. The minimum Gasteiger partial charge on any atom is -0.278 e. The molecule has 0 amide bonds. The molecule has 64 heavy (non-hydrogen) atoms. The highest BCUT2D eigenvalue weighted by Crippen LogP contribution is 2.41. The van der Waals surface area contributed by atoms with Crippen molar-refractivity contribution >= 4 is 104 Å². The molecule has 0 atom stereocenters. The molecular formula is C57H37N5SSi. The van der Waals surface area contributed by atoms with Crippen molar-refractivity contribution in [3.63, 3.8) is 0 Å². The maximum Gasteiger partial charge on any atom is 0.240 e. The van der Waals surface area contributed by atoms with Crippen LogP contribution in [0.2, 0.25) is 0 Å². The highest BCUT2D eigenvalue weighted by molar-refractivity contribution is 7.31. The smallest absolute Gasteiger partial charge is 0.240 e. The van der Waals surface area contributed by atoms with Crippen LogP contribution in [0, 0.1) is 0 Å². The minimum absolute atomic E-state index is 0.0119. The highest BCUT2D eigenvalue weighted by Gasteiger charge is 2.43. The summed E-state index contributed by atoms with van der Waals surface area (Å²) in [6, 6.07) is 71.7. The van der Waals surface area contributed by atoms with Crippen molar-refractivity contribution in [3.05, 3.63) is 224 Å². The van der Waals surface area contributed by atoms with Crippen molar-refractivity contribution in [3.8, 4) is 23.3 Å². The zero-order valence-electron chi connectivity index (χ0n) is 37.3. The van der Waals surface area contributed by atoms with Gasteiger partial charge in [0.15, 0.2) is 13.9 Å². The normalized spacial score (nSPS) is 12.7. The van der Waals surface area contributed by atoms with Gasteiger partial charge < -0.3 is 0 Å². The van der Waals surface area contributed by atoms with Crippen LogP contribution in [0.25, 0.3) is 87.1 Å². The molecule has 7 heteroatoms. The standard InChI is InChI=1S/C57H37N5SSi/c1-4-20-38(21-5-1)64(39-22-6-2-7-23-39,40-24-8-3-9-25-40)52-37-19-31-46-45-30-18-32-47(53(45)63-54(46)52)55-58-56(61-48-33-14-10-26-41(48)42-27-11-15-34-49(42)61)60-57(59-55)62-50-35-16-12-28-43(50)44-29-13-17-36-51(44)62/h1-37H/i18D,30D,32D. The van der Waals surface area contributed by atoms with Gasteiger partial charge in [-0.15, -0.1) is 11.3 Å². The first-order valence-electron chi connectivity index (χ1n) is 22.9. The van der Waals surface area contributed by atoms with Gasteiger partial charge in [-0.1, -0.05) is 194 Å². The van der Waals surface area contributed by atoms with Crippen molar-refractivity contribution in [2.24, 2.45) is 0 Å². The molecule has 0 bridgehead atoms. The molecule has 0 N–H and O–H groups in total. The van der Waals surface area contributed by atoms with Gasteiger partial charge in [0.2, 0.25) is 11.9 Å². The van der Waals surface area contributed by atoms with E-state index in [4.69, 9.17) is 15.0 Å². The van der Waals surface area contributed by atoms with Crippen LogP contribution in [0.15, 0.2) is 224 Å². The third-order valence-corrected chi connectivity index (χ3v) is 19.0.